The van der Waals surface area contributed by atoms with E-state index in [2.05, 4.69) is 17.1 Å². The van der Waals surface area contributed by atoms with Crippen LogP contribution in [0.3, 0.4) is 0 Å². The van der Waals surface area contributed by atoms with Crippen molar-refractivity contribution in [3.05, 3.63) is 82.8 Å². The number of oxazole rings is 1. The van der Waals surface area contributed by atoms with Gasteiger partial charge < -0.3 is 14.1 Å². The van der Waals surface area contributed by atoms with Crippen LogP contribution in [0.2, 0.25) is 5.02 Å². The fraction of sp³-hybridized carbons (Fsp3) is 0.304. The van der Waals surface area contributed by atoms with E-state index in [1.54, 1.807) is 11.1 Å². The summed E-state index contributed by atoms with van der Waals surface area (Å²) in [6.45, 7) is 1.08. The zero-order valence-corrected chi connectivity index (χ0v) is 17.1. The van der Waals surface area contributed by atoms with Crippen molar-refractivity contribution in [1.82, 2.24) is 9.88 Å². The molecule has 1 saturated heterocycles. The van der Waals surface area contributed by atoms with Gasteiger partial charge in [-0.1, -0.05) is 41.9 Å². The molecule has 1 fully saturated rings. The Hall–Kier alpha value is -2.86. The van der Waals surface area contributed by atoms with Crippen LogP contribution in [0.25, 0.3) is 0 Å². The number of benzene rings is 2. The van der Waals surface area contributed by atoms with E-state index in [1.165, 1.54) is 23.8 Å². The third kappa shape index (κ3) is 5.00. The molecule has 0 aliphatic carbocycles. The van der Waals surface area contributed by atoms with Gasteiger partial charge in [-0.05, 0) is 30.5 Å². The maximum absolute atomic E-state index is 13.2. The standard InChI is InChI=1S/C23H22ClFN2O3/c24-20-12-18(8-9-21(20)25)29-15-22(28)27-10-4-7-17(14-27)23-26-13-19(30-23)11-16-5-2-1-3-6-16/h1-3,5-6,8-9,12-13,17H,4,7,10-11,14-15H2/t17-/m1/s1. The number of nitrogens with zero attached hydrogens (tertiary/aromatic N) is 2. The minimum Gasteiger partial charge on any atom is -0.484 e. The average molecular weight is 429 g/mol. The van der Waals surface area contributed by atoms with Gasteiger partial charge in [-0.25, -0.2) is 9.37 Å². The topological polar surface area (TPSA) is 55.6 Å². The summed E-state index contributed by atoms with van der Waals surface area (Å²) in [6, 6.07) is 14.1. The van der Waals surface area contributed by atoms with Crippen LogP contribution >= 0.6 is 11.6 Å². The van der Waals surface area contributed by atoms with Crippen molar-refractivity contribution in [1.29, 1.82) is 0 Å². The van der Waals surface area contributed by atoms with Crippen molar-refractivity contribution in [2.45, 2.75) is 25.2 Å². The van der Waals surface area contributed by atoms with Gasteiger partial charge in [-0.15, -0.1) is 0 Å². The van der Waals surface area contributed by atoms with E-state index in [4.69, 9.17) is 20.8 Å². The highest BCUT2D eigenvalue weighted by Gasteiger charge is 2.28. The molecule has 1 amide bonds. The first-order valence-electron chi connectivity index (χ1n) is 9.92. The lowest BCUT2D eigenvalue weighted by Crippen LogP contribution is -2.41. The molecule has 30 heavy (non-hydrogen) atoms. The molecule has 3 aromatic rings. The number of rotatable bonds is 6. The highest BCUT2D eigenvalue weighted by molar-refractivity contribution is 6.30. The second kappa shape index (κ2) is 9.30. The molecule has 1 aliphatic rings. The van der Waals surface area contributed by atoms with Crippen LogP contribution in [0.4, 0.5) is 4.39 Å². The first kappa shape index (κ1) is 20.4. The zero-order chi connectivity index (χ0) is 20.9. The second-order valence-corrected chi connectivity index (χ2v) is 7.78. The summed E-state index contributed by atoms with van der Waals surface area (Å²) in [7, 11) is 0. The number of carbonyl (C=O) groups excluding carboxylic acids is 1. The van der Waals surface area contributed by atoms with Gasteiger partial charge in [0.15, 0.2) is 12.5 Å². The van der Waals surface area contributed by atoms with Gasteiger partial charge in [-0.2, -0.15) is 0 Å². The van der Waals surface area contributed by atoms with Crippen LogP contribution in [0.1, 0.15) is 36.0 Å². The summed E-state index contributed by atoms with van der Waals surface area (Å²) >= 11 is 5.75. The van der Waals surface area contributed by atoms with E-state index in [-0.39, 0.29) is 23.5 Å². The third-order valence-corrected chi connectivity index (χ3v) is 5.46. The number of aromatic nitrogens is 1. The fourth-order valence-electron chi connectivity index (χ4n) is 3.60. The minimum atomic E-state index is -0.521. The van der Waals surface area contributed by atoms with Crippen LogP contribution in [0.5, 0.6) is 5.75 Å². The van der Waals surface area contributed by atoms with Gasteiger partial charge in [0.25, 0.3) is 5.91 Å². The van der Waals surface area contributed by atoms with Gasteiger partial charge in [0.2, 0.25) is 0 Å². The van der Waals surface area contributed by atoms with Gasteiger partial charge in [0, 0.05) is 25.6 Å². The smallest absolute Gasteiger partial charge is 0.260 e. The predicted molar refractivity (Wildman–Crippen MR) is 111 cm³/mol. The molecule has 0 bridgehead atoms. The lowest BCUT2D eigenvalue weighted by atomic mass is 9.98. The quantitative estimate of drug-likeness (QED) is 0.563. The molecule has 1 aromatic heterocycles. The van der Waals surface area contributed by atoms with Crippen LogP contribution in [-0.4, -0.2) is 35.5 Å². The number of hydrogen-bond acceptors (Lipinski definition) is 4. The maximum atomic E-state index is 13.2. The van der Waals surface area contributed by atoms with Crippen LogP contribution in [0.15, 0.2) is 59.1 Å². The molecule has 2 heterocycles. The first-order chi connectivity index (χ1) is 14.6. The molecule has 0 saturated carbocycles. The fourth-order valence-corrected chi connectivity index (χ4v) is 3.77. The summed E-state index contributed by atoms with van der Waals surface area (Å²) in [6.07, 6.45) is 4.25. The largest absolute Gasteiger partial charge is 0.484 e. The SMILES string of the molecule is O=C(COc1ccc(F)c(Cl)c1)N1CCC[C@@H](c2ncc(Cc3ccccc3)o2)C1. The highest BCUT2D eigenvalue weighted by Crippen LogP contribution is 2.27. The van der Waals surface area contributed by atoms with Crippen molar-refractivity contribution in [3.8, 4) is 5.75 Å². The normalized spacial score (nSPS) is 16.5. The zero-order valence-electron chi connectivity index (χ0n) is 16.4. The summed E-state index contributed by atoms with van der Waals surface area (Å²) in [5, 5.41) is -0.0341. The molecule has 1 aliphatic heterocycles. The van der Waals surface area contributed by atoms with Crippen molar-refractivity contribution < 1.29 is 18.3 Å². The molecule has 4 rings (SSSR count). The third-order valence-electron chi connectivity index (χ3n) is 5.17. The van der Waals surface area contributed by atoms with Gasteiger partial charge in [0.1, 0.15) is 17.3 Å². The maximum Gasteiger partial charge on any atom is 0.260 e. The van der Waals surface area contributed by atoms with E-state index >= 15 is 0 Å². The van der Waals surface area contributed by atoms with Crippen LogP contribution < -0.4 is 4.74 Å². The molecule has 7 heteroatoms. The minimum absolute atomic E-state index is 0.0341. The molecule has 0 N–H and O–H groups in total. The molecule has 0 spiro atoms. The van der Waals surface area contributed by atoms with Gasteiger partial charge in [-0.3, -0.25) is 4.79 Å². The summed E-state index contributed by atoms with van der Waals surface area (Å²) in [5.41, 5.74) is 1.17. The van der Waals surface area contributed by atoms with Gasteiger partial charge in [0.05, 0.1) is 17.1 Å². The Balaban J connectivity index is 1.33. The summed E-state index contributed by atoms with van der Waals surface area (Å²) in [4.78, 5) is 18.8. The summed E-state index contributed by atoms with van der Waals surface area (Å²) in [5.74, 6) is 1.26. The first-order valence-corrected chi connectivity index (χ1v) is 10.3. The Kier molecular flexibility index (Phi) is 6.33. The average Bonchev–Trinajstić information content (AvgIpc) is 3.23. The number of amides is 1. The molecule has 5 nitrogen and oxygen atoms in total. The second-order valence-electron chi connectivity index (χ2n) is 7.37. The van der Waals surface area contributed by atoms with Crippen molar-refractivity contribution >= 4 is 17.5 Å². The molecule has 1 atom stereocenters. The molecular weight excluding hydrogens is 407 g/mol. The monoisotopic (exact) mass is 428 g/mol. The number of likely N-dealkylation sites (tertiary alicyclic amines) is 1. The number of halogens is 2. The Labute approximate surface area is 179 Å². The van der Waals surface area contributed by atoms with Gasteiger partial charge >= 0.3 is 0 Å². The number of ether oxygens (including phenoxy) is 1. The van der Waals surface area contributed by atoms with Crippen LogP contribution in [0, 0.1) is 5.82 Å². The molecule has 0 radical (unpaired) electrons. The number of hydrogen-bond donors (Lipinski definition) is 0. The van der Waals surface area contributed by atoms with E-state index in [1.807, 2.05) is 18.2 Å². The van der Waals surface area contributed by atoms with Crippen LogP contribution in [-0.2, 0) is 11.2 Å². The number of carbonyl (C=O) groups is 1. The van der Waals surface area contributed by atoms with Crippen molar-refractivity contribution in [3.63, 3.8) is 0 Å². The molecule has 156 valence electrons. The summed E-state index contributed by atoms with van der Waals surface area (Å²) < 4.78 is 24.7. The number of piperidine rings is 1. The van der Waals surface area contributed by atoms with Crippen molar-refractivity contribution in [2.24, 2.45) is 0 Å². The molecular formula is C23H22ClFN2O3. The molecule has 0 unspecified atom stereocenters. The Morgan fingerprint density at radius 2 is 2.10 bits per heavy atom. The van der Waals surface area contributed by atoms with E-state index in [0.717, 1.165) is 18.6 Å². The highest BCUT2D eigenvalue weighted by atomic mass is 35.5. The Morgan fingerprint density at radius 1 is 1.27 bits per heavy atom. The Morgan fingerprint density at radius 3 is 2.90 bits per heavy atom. The van der Waals surface area contributed by atoms with E-state index in [9.17, 15) is 9.18 Å². The van der Waals surface area contributed by atoms with Crippen molar-refractivity contribution in [2.75, 3.05) is 19.7 Å². The Bertz CT molecular complexity index is 1010. The van der Waals surface area contributed by atoms with E-state index in [0.29, 0.717) is 31.2 Å². The lowest BCUT2D eigenvalue weighted by molar-refractivity contribution is -0.134. The molecule has 2 aromatic carbocycles. The van der Waals surface area contributed by atoms with E-state index < -0.39 is 5.82 Å². The predicted octanol–water partition coefficient (Wildman–Crippen LogP) is 4.84. The lowest BCUT2D eigenvalue weighted by Gasteiger charge is -2.31.